The predicted molar refractivity (Wildman–Crippen MR) is 107 cm³/mol. The predicted octanol–water partition coefficient (Wildman–Crippen LogP) is 3.80. The molecule has 3 aromatic carbocycles. The first-order chi connectivity index (χ1) is 14.4. The second-order valence-electron chi connectivity index (χ2n) is 6.81. The van der Waals surface area contributed by atoms with Crippen LogP contribution in [0.15, 0.2) is 65.5 Å². The minimum absolute atomic E-state index is 0.138. The van der Waals surface area contributed by atoms with Gasteiger partial charge in [-0.2, -0.15) is 9.36 Å². The Morgan fingerprint density at radius 2 is 1.77 bits per heavy atom. The molecule has 0 unspecified atom stereocenters. The van der Waals surface area contributed by atoms with Gasteiger partial charge in [0.1, 0.15) is 24.0 Å². The van der Waals surface area contributed by atoms with Gasteiger partial charge in [-0.05, 0) is 64.9 Å². The third-order valence-corrected chi connectivity index (χ3v) is 4.81. The molecule has 1 aromatic heterocycles. The molecule has 0 atom stereocenters. The fourth-order valence-electron chi connectivity index (χ4n) is 3.14. The van der Waals surface area contributed by atoms with E-state index in [0.29, 0.717) is 22.6 Å². The Morgan fingerprint density at radius 1 is 1.00 bits per heavy atom. The molecule has 0 N–H and O–H groups in total. The summed E-state index contributed by atoms with van der Waals surface area (Å²) < 4.78 is 35.8. The summed E-state index contributed by atoms with van der Waals surface area (Å²) in [6.45, 7) is 2.04. The number of benzene rings is 3. The van der Waals surface area contributed by atoms with E-state index in [4.69, 9.17) is 4.74 Å². The Bertz CT molecular complexity index is 1260. The van der Waals surface area contributed by atoms with Gasteiger partial charge in [-0.3, -0.25) is 0 Å². The Hall–Kier alpha value is -3.81. The van der Waals surface area contributed by atoms with Crippen molar-refractivity contribution in [3.63, 3.8) is 0 Å². The van der Waals surface area contributed by atoms with Gasteiger partial charge in [0.25, 0.3) is 0 Å². The molecule has 0 aliphatic rings. The van der Waals surface area contributed by atoms with E-state index in [-0.39, 0.29) is 12.3 Å². The molecule has 0 saturated heterocycles. The molecule has 0 bridgehead atoms. The maximum absolute atomic E-state index is 14.3. The molecule has 4 rings (SSSR count). The smallest absolute Gasteiger partial charge is 0.368 e. The lowest BCUT2D eigenvalue weighted by Gasteiger charge is -2.14. The van der Waals surface area contributed by atoms with Crippen molar-refractivity contribution in [2.24, 2.45) is 7.05 Å². The first kappa shape index (κ1) is 19.5. The molecular weight excluding hydrogens is 390 g/mol. The second kappa shape index (κ2) is 7.90. The second-order valence-corrected chi connectivity index (χ2v) is 6.81. The van der Waals surface area contributed by atoms with Crippen LogP contribution in [0.1, 0.15) is 11.1 Å². The number of ether oxygens (including phenoxy) is 1. The van der Waals surface area contributed by atoms with E-state index in [1.807, 2.05) is 19.1 Å². The zero-order valence-corrected chi connectivity index (χ0v) is 16.3. The van der Waals surface area contributed by atoms with Gasteiger partial charge < -0.3 is 4.74 Å². The molecular formula is C22H18F2N4O2. The van der Waals surface area contributed by atoms with Crippen LogP contribution in [0.25, 0.3) is 16.8 Å². The number of hydrogen-bond donors (Lipinski definition) is 0. The van der Waals surface area contributed by atoms with Crippen molar-refractivity contribution in [3.05, 3.63) is 93.9 Å². The highest BCUT2D eigenvalue weighted by molar-refractivity contribution is 5.65. The Morgan fingerprint density at radius 3 is 2.47 bits per heavy atom. The minimum Gasteiger partial charge on any atom is -0.489 e. The van der Waals surface area contributed by atoms with Gasteiger partial charge in [0, 0.05) is 18.2 Å². The zero-order chi connectivity index (χ0) is 21.3. The Kier molecular flexibility index (Phi) is 5.14. The van der Waals surface area contributed by atoms with E-state index >= 15 is 0 Å². The van der Waals surface area contributed by atoms with E-state index in [2.05, 4.69) is 10.4 Å². The quantitative estimate of drug-likeness (QED) is 0.504. The summed E-state index contributed by atoms with van der Waals surface area (Å²) in [5.74, 6) is -0.383. The molecule has 30 heavy (non-hydrogen) atoms. The van der Waals surface area contributed by atoms with E-state index in [1.165, 1.54) is 48.1 Å². The Balaban J connectivity index is 1.65. The molecule has 0 amide bonds. The van der Waals surface area contributed by atoms with Gasteiger partial charge in [0.15, 0.2) is 0 Å². The summed E-state index contributed by atoms with van der Waals surface area (Å²) in [5, 5.41) is 7.65. The van der Waals surface area contributed by atoms with E-state index in [0.717, 1.165) is 15.8 Å². The lowest BCUT2D eigenvalue weighted by atomic mass is 10.0. The summed E-state index contributed by atoms with van der Waals surface area (Å²) in [6, 6.07) is 15.5. The Labute approximate surface area is 170 Å². The first-order valence-corrected chi connectivity index (χ1v) is 9.20. The molecule has 1 heterocycles. The first-order valence-electron chi connectivity index (χ1n) is 9.20. The van der Waals surface area contributed by atoms with Gasteiger partial charge >= 0.3 is 5.69 Å². The van der Waals surface area contributed by atoms with E-state index in [1.54, 1.807) is 12.1 Å². The van der Waals surface area contributed by atoms with Crippen molar-refractivity contribution in [1.29, 1.82) is 0 Å². The molecule has 0 saturated carbocycles. The van der Waals surface area contributed by atoms with Gasteiger partial charge in [-0.15, -0.1) is 0 Å². The SMILES string of the molecule is Cc1cccc(-n2nnn(C)c2=O)c1COc1ccc(F)c(-c2ccc(F)cc2)c1. The highest BCUT2D eigenvalue weighted by Crippen LogP contribution is 2.28. The minimum atomic E-state index is -0.434. The summed E-state index contributed by atoms with van der Waals surface area (Å²) in [5.41, 5.74) is 2.71. The summed E-state index contributed by atoms with van der Waals surface area (Å²) >= 11 is 0. The van der Waals surface area contributed by atoms with Crippen molar-refractivity contribution in [1.82, 2.24) is 19.8 Å². The molecule has 0 aliphatic carbocycles. The maximum Gasteiger partial charge on any atom is 0.368 e. The van der Waals surface area contributed by atoms with Crippen LogP contribution in [0.5, 0.6) is 5.75 Å². The number of rotatable bonds is 5. The molecule has 0 fully saturated rings. The highest BCUT2D eigenvalue weighted by atomic mass is 19.1. The average molecular weight is 408 g/mol. The van der Waals surface area contributed by atoms with Crippen molar-refractivity contribution < 1.29 is 13.5 Å². The highest BCUT2D eigenvalue weighted by Gasteiger charge is 2.14. The lowest BCUT2D eigenvalue weighted by molar-refractivity contribution is 0.304. The third-order valence-electron chi connectivity index (χ3n) is 4.81. The standard InChI is InChI=1S/C22H18F2N4O2/c1-14-4-3-5-21(28-22(29)27(2)25-26-28)19(14)13-30-17-10-11-20(24)18(12-17)15-6-8-16(23)9-7-15/h3-12H,13H2,1-2H3. The normalized spacial score (nSPS) is 10.9. The number of halogens is 2. The van der Waals surface area contributed by atoms with Crippen molar-refractivity contribution in [2.75, 3.05) is 0 Å². The van der Waals surface area contributed by atoms with E-state index in [9.17, 15) is 13.6 Å². The van der Waals surface area contributed by atoms with E-state index < -0.39 is 11.6 Å². The number of nitrogens with zero attached hydrogens (tertiary/aromatic N) is 4. The third kappa shape index (κ3) is 3.71. The van der Waals surface area contributed by atoms with Crippen LogP contribution in [-0.2, 0) is 13.7 Å². The largest absolute Gasteiger partial charge is 0.489 e. The topological polar surface area (TPSA) is 61.9 Å². The summed E-state index contributed by atoms with van der Waals surface area (Å²) in [4.78, 5) is 12.3. The molecule has 4 aromatic rings. The fourth-order valence-corrected chi connectivity index (χ4v) is 3.14. The van der Waals surface area contributed by atoms with Gasteiger partial charge in [0.2, 0.25) is 0 Å². The zero-order valence-electron chi connectivity index (χ0n) is 16.3. The van der Waals surface area contributed by atoms with Crippen LogP contribution in [-0.4, -0.2) is 19.8 Å². The summed E-state index contributed by atoms with van der Waals surface area (Å²) in [7, 11) is 1.52. The molecule has 0 aliphatic heterocycles. The van der Waals surface area contributed by atoms with Crippen LogP contribution in [0.3, 0.4) is 0 Å². The number of aryl methyl sites for hydroxylation is 2. The molecule has 152 valence electrons. The van der Waals surface area contributed by atoms with Crippen LogP contribution in [0.4, 0.5) is 8.78 Å². The van der Waals surface area contributed by atoms with Crippen molar-refractivity contribution in [3.8, 4) is 22.6 Å². The summed E-state index contributed by atoms with van der Waals surface area (Å²) in [6.07, 6.45) is 0. The van der Waals surface area contributed by atoms with Gasteiger partial charge in [-0.1, -0.05) is 24.3 Å². The molecule has 6 nitrogen and oxygen atoms in total. The molecule has 0 radical (unpaired) electrons. The lowest BCUT2D eigenvalue weighted by Crippen LogP contribution is -2.23. The van der Waals surface area contributed by atoms with Crippen LogP contribution in [0.2, 0.25) is 0 Å². The van der Waals surface area contributed by atoms with Crippen molar-refractivity contribution >= 4 is 0 Å². The van der Waals surface area contributed by atoms with Crippen LogP contribution in [0, 0.1) is 18.6 Å². The van der Waals surface area contributed by atoms with Crippen LogP contribution < -0.4 is 10.4 Å². The fraction of sp³-hybridized carbons (Fsp3) is 0.136. The molecule has 0 spiro atoms. The van der Waals surface area contributed by atoms with Gasteiger partial charge in [-0.25, -0.2) is 13.6 Å². The van der Waals surface area contributed by atoms with Gasteiger partial charge in [0.05, 0.1) is 5.69 Å². The van der Waals surface area contributed by atoms with Crippen LogP contribution >= 0.6 is 0 Å². The maximum atomic E-state index is 14.3. The number of tetrazole rings is 1. The molecule has 8 heteroatoms. The number of aromatic nitrogens is 4. The monoisotopic (exact) mass is 408 g/mol. The average Bonchev–Trinajstić information content (AvgIpc) is 3.07. The number of hydrogen-bond acceptors (Lipinski definition) is 4. The van der Waals surface area contributed by atoms with Crippen molar-refractivity contribution in [2.45, 2.75) is 13.5 Å².